The number of sulfone groups is 1. The van der Waals surface area contributed by atoms with Crippen LogP contribution < -0.4 is 4.31 Å². The topological polar surface area (TPSA) is 71.5 Å². The molecule has 2 aromatic rings. The summed E-state index contributed by atoms with van der Waals surface area (Å²) in [5, 5.41) is 0. The summed E-state index contributed by atoms with van der Waals surface area (Å²) in [7, 11) is -8.14. The first-order valence-electron chi connectivity index (χ1n) is 7.38. The molecule has 0 bridgehead atoms. The zero-order chi connectivity index (χ0) is 19.8. The number of hydrogen-bond donors (Lipinski definition) is 0. The average Bonchev–Trinajstić information content (AvgIpc) is 2.54. The van der Waals surface area contributed by atoms with Crippen LogP contribution in [0.15, 0.2) is 58.3 Å². The van der Waals surface area contributed by atoms with E-state index in [1.807, 2.05) is 0 Å². The molecule has 5 nitrogen and oxygen atoms in total. The van der Waals surface area contributed by atoms with Crippen LogP contribution >= 0.6 is 0 Å². The van der Waals surface area contributed by atoms with Crippen molar-refractivity contribution in [2.24, 2.45) is 0 Å². The van der Waals surface area contributed by atoms with Gasteiger partial charge in [-0.3, -0.25) is 4.31 Å². The highest BCUT2D eigenvalue weighted by Crippen LogP contribution is 2.39. The van der Waals surface area contributed by atoms with Crippen molar-refractivity contribution in [2.75, 3.05) is 17.1 Å². The third-order valence-corrected chi connectivity index (χ3v) is 6.62. The Morgan fingerprint density at radius 3 is 1.96 bits per heavy atom. The molecule has 0 atom stereocenters. The van der Waals surface area contributed by atoms with E-state index in [0.29, 0.717) is 10.4 Å². The molecule has 0 fully saturated rings. The van der Waals surface area contributed by atoms with Crippen LogP contribution in [0.25, 0.3) is 0 Å². The molecule has 0 N–H and O–H groups in total. The van der Waals surface area contributed by atoms with Crippen molar-refractivity contribution < 1.29 is 30.0 Å². The van der Waals surface area contributed by atoms with E-state index >= 15 is 0 Å². The molecule has 26 heavy (non-hydrogen) atoms. The van der Waals surface area contributed by atoms with Crippen molar-refractivity contribution in [3.05, 3.63) is 54.1 Å². The number of benzene rings is 2. The molecule has 2 aromatic carbocycles. The minimum absolute atomic E-state index is 0.156. The summed E-state index contributed by atoms with van der Waals surface area (Å²) in [6, 6.07) is 9.32. The number of nitrogens with zero attached hydrogens (tertiary/aromatic N) is 1. The lowest BCUT2D eigenvalue weighted by molar-refractivity contribution is -0.137. The summed E-state index contributed by atoms with van der Waals surface area (Å²) in [5.41, 5.74) is -1.95. The van der Waals surface area contributed by atoms with E-state index in [-0.39, 0.29) is 11.4 Å². The van der Waals surface area contributed by atoms with Crippen molar-refractivity contribution in [1.82, 2.24) is 0 Å². The van der Waals surface area contributed by atoms with Gasteiger partial charge in [0.2, 0.25) is 19.9 Å². The Hall–Kier alpha value is -2.07. The van der Waals surface area contributed by atoms with Crippen LogP contribution in [0.5, 0.6) is 0 Å². The SMILES string of the molecule is CCN(c1ccc(S(=O)(=O)c2ccccc2)cc1C(F)(F)F)S(C)(=O)=O. The molecular weight excluding hydrogens is 391 g/mol. The maximum absolute atomic E-state index is 13.5. The maximum atomic E-state index is 13.5. The van der Waals surface area contributed by atoms with Gasteiger partial charge in [0.25, 0.3) is 0 Å². The first-order chi connectivity index (χ1) is 11.9. The van der Waals surface area contributed by atoms with Gasteiger partial charge in [0.1, 0.15) is 0 Å². The van der Waals surface area contributed by atoms with Crippen LogP contribution in [0.3, 0.4) is 0 Å². The van der Waals surface area contributed by atoms with Crippen LogP contribution in [0.1, 0.15) is 12.5 Å². The summed E-state index contributed by atoms with van der Waals surface area (Å²) in [6.45, 7) is 1.16. The molecule has 142 valence electrons. The quantitative estimate of drug-likeness (QED) is 0.762. The molecule has 2 rings (SSSR count). The lowest BCUT2D eigenvalue weighted by Crippen LogP contribution is -2.31. The molecule has 0 aliphatic carbocycles. The number of rotatable bonds is 5. The van der Waals surface area contributed by atoms with Crippen LogP contribution in [0.2, 0.25) is 0 Å². The molecule has 0 aliphatic rings. The summed E-state index contributed by atoms with van der Waals surface area (Å²) in [6.07, 6.45) is -4.15. The molecule has 0 aliphatic heterocycles. The molecule has 10 heteroatoms. The number of hydrogen-bond acceptors (Lipinski definition) is 4. The highest BCUT2D eigenvalue weighted by atomic mass is 32.2. The Morgan fingerprint density at radius 1 is 0.923 bits per heavy atom. The van der Waals surface area contributed by atoms with Gasteiger partial charge >= 0.3 is 6.18 Å². The smallest absolute Gasteiger partial charge is 0.270 e. The van der Waals surface area contributed by atoms with Gasteiger partial charge in [0.15, 0.2) is 0 Å². The zero-order valence-electron chi connectivity index (χ0n) is 13.9. The van der Waals surface area contributed by atoms with Gasteiger partial charge in [0, 0.05) is 6.54 Å². The first-order valence-corrected chi connectivity index (χ1v) is 10.7. The molecule has 0 radical (unpaired) electrons. The standard InChI is InChI=1S/C16H16F3NO4S2/c1-3-20(25(2,21)22)15-10-9-13(11-14(15)16(17,18)19)26(23,24)12-7-5-4-6-8-12/h4-11H,3H2,1-2H3. The fourth-order valence-electron chi connectivity index (χ4n) is 2.45. The Morgan fingerprint density at radius 2 is 1.50 bits per heavy atom. The monoisotopic (exact) mass is 407 g/mol. The molecule has 0 heterocycles. The van der Waals surface area contributed by atoms with Gasteiger partial charge in [-0.05, 0) is 37.3 Å². The summed E-state index contributed by atoms with van der Waals surface area (Å²) in [5.74, 6) is 0. The van der Waals surface area contributed by atoms with Gasteiger partial charge in [-0.1, -0.05) is 18.2 Å². The predicted molar refractivity (Wildman–Crippen MR) is 91.2 cm³/mol. The second-order valence-corrected chi connectivity index (χ2v) is 9.28. The number of alkyl halides is 3. The van der Waals surface area contributed by atoms with Crippen LogP contribution in [0, 0.1) is 0 Å². The van der Waals surface area contributed by atoms with E-state index in [0.717, 1.165) is 18.4 Å². The molecule has 0 saturated heterocycles. The van der Waals surface area contributed by atoms with Crippen LogP contribution in [0.4, 0.5) is 18.9 Å². The highest BCUT2D eigenvalue weighted by Gasteiger charge is 2.37. The number of sulfonamides is 1. The van der Waals surface area contributed by atoms with Crippen molar-refractivity contribution in [1.29, 1.82) is 0 Å². The van der Waals surface area contributed by atoms with Gasteiger partial charge in [0.05, 0.1) is 27.3 Å². The van der Waals surface area contributed by atoms with E-state index < -0.39 is 42.2 Å². The fraction of sp³-hybridized carbons (Fsp3) is 0.250. The van der Waals surface area contributed by atoms with E-state index in [4.69, 9.17) is 0 Å². The van der Waals surface area contributed by atoms with E-state index in [2.05, 4.69) is 0 Å². The second-order valence-electron chi connectivity index (χ2n) is 5.42. The van der Waals surface area contributed by atoms with Gasteiger partial charge in [-0.15, -0.1) is 0 Å². The summed E-state index contributed by atoms with van der Waals surface area (Å²) in [4.78, 5) is -0.722. The minimum atomic E-state index is -4.93. The minimum Gasteiger partial charge on any atom is -0.270 e. The highest BCUT2D eigenvalue weighted by molar-refractivity contribution is 7.92. The molecule has 0 spiro atoms. The molecule has 0 amide bonds. The molecule has 0 aromatic heterocycles. The lowest BCUT2D eigenvalue weighted by atomic mass is 10.1. The van der Waals surface area contributed by atoms with Crippen molar-refractivity contribution in [3.63, 3.8) is 0 Å². The summed E-state index contributed by atoms with van der Waals surface area (Å²) < 4.78 is 89.7. The fourth-order valence-corrected chi connectivity index (χ4v) is 4.74. The van der Waals surface area contributed by atoms with Gasteiger partial charge in [-0.2, -0.15) is 13.2 Å². The normalized spacial score (nSPS) is 12.8. The Bertz CT molecular complexity index is 1000. The van der Waals surface area contributed by atoms with Crippen LogP contribution in [-0.4, -0.2) is 29.6 Å². The number of halogens is 3. The maximum Gasteiger partial charge on any atom is 0.418 e. The Balaban J connectivity index is 2.72. The van der Waals surface area contributed by atoms with E-state index in [9.17, 15) is 30.0 Å². The Labute approximate surface area is 150 Å². The van der Waals surface area contributed by atoms with Crippen LogP contribution in [-0.2, 0) is 26.0 Å². The lowest BCUT2D eigenvalue weighted by Gasteiger charge is -2.24. The molecular formula is C16H16F3NO4S2. The van der Waals surface area contributed by atoms with Crippen molar-refractivity contribution in [2.45, 2.75) is 22.9 Å². The van der Waals surface area contributed by atoms with Gasteiger partial charge in [-0.25, -0.2) is 16.8 Å². The van der Waals surface area contributed by atoms with Gasteiger partial charge < -0.3 is 0 Å². The third kappa shape index (κ3) is 4.01. The van der Waals surface area contributed by atoms with E-state index in [1.165, 1.54) is 31.2 Å². The third-order valence-electron chi connectivity index (χ3n) is 3.59. The van der Waals surface area contributed by atoms with Crippen molar-refractivity contribution >= 4 is 25.5 Å². The number of anilines is 1. The average molecular weight is 407 g/mol. The van der Waals surface area contributed by atoms with Crippen molar-refractivity contribution in [3.8, 4) is 0 Å². The Kier molecular flexibility index (Phi) is 5.39. The summed E-state index contributed by atoms with van der Waals surface area (Å²) >= 11 is 0. The molecule has 0 unspecified atom stereocenters. The second kappa shape index (κ2) is 6.92. The largest absolute Gasteiger partial charge is 0.418 e. The predicted octanol–water partition coefficient (Wildman–Crippen LogP) is 3.32. The van der Waals surface area contributed by atoms with E-state index in [1.54, 1.807) is 6.07 Å². The molecule has 0 saturated carbocycles. The first kappa shape index (κ1) is 20.2. The zero-order valence-corrected chi connectivity index (χ0v) is 15.5.